The second-order valence-electron chi connectivity index (χ2n) is 5.01. The fourth-order valence-corrected chi connectivity index (χ4v) is 5.38. The summed E-state index contributed by atoms with van der Waals surface area (Å²) in [7, 11) is -3.65. The van der Waals surface area contributed by atoms with Crippen LogP contribution in [0.5, 0.6) is 0 Å². The average molecular weight is 341 g/mol. The summed E-state index contributed by atoms with van der Waals surface area (Å²) in [5, 5.41) is 6.50. The molecule has 3 heterocycles. The molecule has 9 heteroatoms. The van der Waals surface area contributed by atoms with Gasteiger partial charge in [-0.25, -0.2) is 8.42 Å². The molecule has 1 aliphatic heterocycles. The molecule has 0 unspecified atom stereocenters. The Balaban J connectivity index is 1.95. The Hall–Kier alpha value is -1.71. The lowest BCUT2D eigenvalue weighted by Gasteiger charge is -2.25. The van der Waals surface area contributed by atoms with Gasteiger partial charge >= 0.3 is 0 Å². The van der Waals surface area contributed by atoms with Crippen LogP contribution in [-0.4, -0.2) is 43.4 Å². The average Bonchev–Trinajstić information content (AvgIpc) is 3.06. The van der Waals surface area contributed by atoms with Gasteiger partial charge in [0.1, 0.15) is 9.97 Å². The van der Waals surface area contributed by atoms with Crippen LogP contribution in [0.15, 0.2) is 20.9 Å². The number of carbonyl (C=O) groups is 1. The first kappa shape index (κ1) is 15.2. The summed E-state index contributed by atoms with van der Waals surface area (Å²) in [6, 6.07) is 3.31. The summed E-state index contributed by atoms with van der Waals surface area (Å²) in [5.41, 5.74) is 1.54. The van der Waals surface area contributed by atoms with Gasteiger partial charge < -0.3 is 9.84 Å². The number of nitrogens with one attached hydrogen (secondary N) is 1. The fraction of sp³-hybridized carbons (Fsp3) is 0.385. The predicted molar refractivity (Wildman–Crippen MR) is 81.1 cm³/mol. The second kappa shape index (κ2) is 5.49. The van der Waals surface area contributed by atoms with Crippen LogP contribution in [0.25, 0.3) is 10.4 Å². The van der Waals surface area contributed by atoms with Crippen molar-refractivity contribution in [2.75, 3.05) is 19.6 Å². The summed E-state index contributed by atoms with van der Waals surface area (Å²) in [5.74, 6) is 0.373. The number of aromatic nitrogens is 1. The number of piperazine rings is 1. The molecule has 1 saturated heterocycles. The molecule has 0 aromatic carbocycles. The highest BCUT2D eigenvalue weighted by Gasteiger charge is 2.30. The van der Waals surface area contributed by atoms with E-state index in [1.54, 1.807) is 19.1 Å². The molecule has 0 spiro atoms. The Morgan fingerprint density at radius 1 is 1.36 bits per heavy atom. The van der Waals surface area contributed by atoms with Crippen LogP contribution in [0, 0.1) is 13.8 Å². The van der Waals surface area contributed by atoms with Crippen LogP contribution >= 0.6 is 11.3 Å². The zero-order valence-corrected chi connectivity index (χ0v) is 13.8. The first-order valence-electron chi connectivity index (χ1n) is 6.69. The van der Waals surface area contributed by atoms with Crippen molar-refractivity contribution in [2.24, 2.45) is 0 Å². The van der Waals surface area contributed by atoms with E-state index in [1.807, 2.05) is 6.92 Å². The van der Waals surface area contributed by atoms with E-state index in [-0.39, 0.29) is 23.2 Å². The SMILES string of the molecule is Cc1noc(C)c1-c1ccc(S(=O)(=O)N2CCNC(=O)C2)s1. The molecule has 2 aromatic heterocycles. The molecule has 1 aliphatic rings. The molecule has 1 N–H and O–H groups in total. The molecule has 0 atom stereocenters. The second-order valence-corrected chi connectivity index (χ2v) is 8.25. The van der Waals surface area contributed by atoms with E-state index in [9.17, 15) is 13.2 Å². The van der Waals surface area contributed by atoms with E-state index < -0.39 is 10.0 Å². The highest BCUT2D eigenvalue weighted by molar-refractivity contribution is 7.91. The largest absolute Gasteiger partial charge is 0.361 e. The number of thiophene rings is 1. The molecule has 0 radical (unpaired) electrons. The van der Waals surface area contributed by atoms with Crippen LogP contribution in [0.3, 0.4) is 0 Å². The Kier molecular flexibility index (Phi) is 3.79. The molecule has 3 rings (SSSR count). The smallest absolute Gasteiger partial charge is 0.253 e. The predicted octanol–water partition coefficient (Wildman–Crippen LogP) is 1.14. The van der Waals surface area contributed by atoms with Crippen LogP contribution in [0.4, 0.5) is 0 Å². The third-order valence-electron chi connectivity index (χ3n) is 3.46. The minimum absolute atomic E-state index is 0.138. The number of hydrogen-bond donors (Lipinski definition) is 1. The van der Waals surface area contributed by atoms with E-state index in [0.29, 0.717) is 12.3 Å². The molecule has 7 nitrogen and oxygen atoms in total. The number of sulfonamides is 1. The number of aryl methyl sites for hydroxylation is 2. The van der Waals surface area contributed by atoms with Crippen molar-refractivity contribution >= 4 is 27.3 Å². The Morgan fingerprint density at radius 3 is 2.77 bits per heavy atom. The lowest BCUT2D eigenvalue weighted by Crippen LogP contribution is -2.49. The topological polar surface area (TPSA) is 92.5 Å². The number of amides is 1. The lowest BCUT2D eigenvalue weighted by molar-refractivity contribution is -0.122. The van der Waals surface area contributed by atoms with Gasteiger partial charge in [-0.3, -0.25) is 4.79 Å². The van der Waals surface area contributed by atoms with Gasteiger partial charge in [-0.1, -0.05) is 5.16 Å². The zero-order chi connectivity index (χ0) is 15.9. The van der Waals surface area contributed by atoms with Gasteiger partial charge in [0.2, 0.25) is 5.91 Å². The minimum Gasteiger partial charge on any atom is -0.361 e. The first-order chi connectivity index (χ1) is 10.4. The van der Waals surface area contributed by atoms with E-state index in [2.05, 4.69) is 10.5 Å². The van der Waals surface area contributed by atoms with E-state index >= 15 is 0 Å². The van der Waals surface area contributed by atoms with Crippen molar-refractivity contribution in [3.63, 3.8) is 0 Å². The number of carbonyl (C=O) groups excluding carboxylic acids is 1. The fourth-order valence-electron chi connectivity index (χ4n) is 2.38. The van der Waals surface area contributed by atoms with Gasteiger partial charge in [-0.05, 0) is 26.0 Å². The lowest BCUT2D eigenvalue weighted by atomic mass is 10.2. The molecule has 0 saturated carbocycles. The third-order valence-corrected chi connectivity index (χ3v) is 6.87. The van der Waals surface area contributed by atoms with Gasteiger partial charge in [0, 0.05) is 18.0 Å². The maximum absolute atomic E-state index is 12.6. The molecule has 0 aliphatic carbocycles. The summed E-state index contributed by atoms with van der Waals surface area (Å²) in [6.07, 6.45) is 0. The summed E-state index contributed by atoms with van der Waals surface area (Å²) in [6.45, 7) is 4.08. The number of nitrogens with zero attached hydrogens (tertiary/aromatic N) is 2. The quantitative estimate of drug-likeness (QED) is 0.904. The van der Waals surface area contributed by atoms with E-state index in [1.165, 1.54) is 4.31 Å². The standard InChI is InChI=1S/C13H15N3O4S2/c1-8-13(9(2)20-15-8)10-3-4-12(21-10)22(18,19)16-6-5-14-11(17)7-16/h3-4H,5-7H2,1-2H3,(H,14,17). The van der Waals surface area contributed by atoms with Gasteiger partial charge in [-0.2, -0.15) is 4.31 Å². The molecule has 2 aromatic rings. The molecule has 118 valence electrons. The summed E-state index contributed by atoms with van der Waals surface area (Å²) < 4.78 is 31.7. The monoisotopic (exact) mass is 341 g/mol. The normalized spacial score (nSPS) is 16.7. The Morgan fingerprint density at radius 2 is 2.14 bits per heavy atom. The molecule has 0 bridgehead atoms. The summed E-state index contributed by atoms with van der Waals surface area (Å²) >= 11 is 1.16. The van der Waals surface area contributed by atoms with Gasteiger partial charge in [0.15, 0.2) is 0 Å². The highest BCUT2D eigenvalue weighted by atomic mass is 32.2. The van der Waals surface area contributed by atoms with Gasteiger partial charge in [-0.15, -0.1) is 11.3 Å². The van der Waals surface area contributed by atoms with Crippen LogP contribution < -0.4 is 5.32 Å². The first-order valence-corrected chi connectivity index (χ1v) is 8.95. The van der Waals surface area contributed by atoms with Crippen molar-refractivity contribution in [1.29, 1.82) is 0 Å². The number of hydrogen-bond acceptors (Lipinski definition) is 6. The molecular formula is C13H15N3O4S2. The minimum atomic E-state index is -3.65. The Labute approximate surface area is 132 Å². The zero-order valence-electron chi connectivity index (χ0n) is 12.1. The Bertz CT molecular complexity index is 803. The third kappa shape index (κ3) is 2.55. The van der Waals surface area contributed by atoms with Crippen LogP contribution in [0.1, 0.15) is 11.5 Å². The molecule has 22 heavy (non-hydrogen) atoms. The van der Waals surface area contributed by atoms with E-state index in [0.717, 1.165) is 27.5 Å². The maximum Gasteiger partial charge on any atom is 0.253 e. The van der Waals surface area contributed by atoms with Crippen molar-refractivity contribution in [2.45, 2.75) is 18.1 Å². The molecule has 1 amide bonds. The van der Waals surface area contributed by atoms with Crippen molar-refractivity contribution in [3.8, 4) is 10.4 Å². The van der Waals surface area contributed by atoms with Gasteiger partial charge in [0.05, 0.1) is 17.8 Å². The van der Waals surface area contributed by atoms with Crippen LogP contribution in [0.2, 0.25) is 0 Å². The number of rotatable bonds is 3. The van der Waals surface area contributed by atoms with Crippen molar-refractivity contribution < 1.29 is 17.7 Å². The van der Waals surface area contributed by atoms with Crippen LogP contribution in [-0.2, 0) is 14.8 Å². The highest BCUT2D eigenvalue weighted by Crippen LogP contribution is 2.35. The molecular weight excluding hydrogens is 326 g/mol. The van der Waals surface area contributed by atoms with E-state index in [4.69, 9.17) is 4.52 Å². The van der Waals surface area contributed by atoms with Crippen molar-refractivity contribution in [3.05, 3.63) is 23.6 Å². The maximum atomic E-state index is 12.6. The van der Waals surface area contributed by atoms with Gasteiger partial charge in [0.25, 0.3) is 10.0 Å². The van der Waals surface area contributed by atoms with Crippen molar-refractivity contribution in [1.82, 2.24) is 14.8 Å². The summed E-state index contributed by atoms with van der Waals surface area (Å²) in [4.78, 5) is 12.2. The molecule has 1 fully saturated rings.